The van der Waals surface area contributed by atoms with E-state index in [-0.39, 0.29) is 6.54 Å². The Kier molecular flexibility index (Phi) is 7.73. The van der Waals surface area contributed by atoms with Gasteiger partial charge in [0.2, 0.25) is 5.89 Å². The molecule has 0 bridgehead atoms. The third-order valence-corrected chi connectivity index (χ3v) is 5.43. The maximum absolute atomic E-state index is 11.4. The van der Waals surface area contributed by atoms with Crippen molar-refractivity contribution in [2.24, 2.45) is 0 Å². The second-order valence-electron chi connectivity index (χ2n) is 8.16. The molecule has 0 aliphatic heterocycles. The van der Waals surface area contributed by atoms with Crippen LogP contribution < -0.4 is 4.74 Å². The van der Waals surface area contributed by atoms with Crippen LogP contribution in [0.4, 0.5) is 0 Å². The minimum absolute atomic E-state index is 0.0326. The first-order valence-corrected chi connectivity index (χ1v) is 11.3. The molecule has 3 aromatic carbocycles. The molecular weight excluding hydrogens is 428 g/mol. The molecule has 0 aliphatic rings. The molecule has 174 valence electrons. The second kappa shape index (κ2) is 11.3. The van der Waals surface area contributed by atoms with Gasteiger partial charge in [0.15, 0.2) is 0 Å². The smallest absolute Gasteiger partial charge is 0.317 e. The fraction of sp³-hybridized carbons (Fsp3) is 0.214. The first-order valence-electron chi connectivity index (χ1n) is 11.3. The zero-order valence-electron chi connectivity index (χ0n) is 19.2. The highest BCUT2D eigenvalue weighted by Crippen LogP contribution is 2.22. The zero-order chi connectivity index (χ0) is 23.8. The van der Waals surface area contributed by atoms with Crippen molar-refractivity contribution in [2.75, 3.05) is 13.2 Å². The Bertz CT molecular complexity index is 1210. The van der Waals surface area contributed by atoms with E-state index in [4.69, 9.17) is 9.15 Å². The highest BCUT2D eigenvalue weighted by Gasteiger charge is 2.13. The highest BCUT2D eigenvalue weighted by atomic mass is 16.5. The molecular formula is C28H28N2O4. The summed E-state index contributed by atoms with van der Waals surface area (Å²) < 4.78 is 11.8. The molecule has 34 heavy (non-hydrogen) atoms. The van der Waals surface area contributed by atoms with Gasteiger partial charge in [-0.1, -0.05) is 60.7 Å². The van der Waals surface area contributed by atoms with Crippen LogP contribution in [0, 0.1) is 6.92 Å². The molecule has 0 atom stereocenters. The number of oxazole rings is 1. The van der Waals surface area contributed by atoms with Crippen LogP contribution in [0.2, 0.25) is 0 Å². The molecule has 0 fully saturated rings. The lowest BCUT2D eigenvalue weighted by atomic mass is 10.1. The topological polar surface area (TPSA) is 75.8 Å². The highest BCUT2D eigenvalue weighted by molar-refractivity contribution is 5.69. The fourth-order valence-corrected chi connectivity index (χ4v) is 3.82. The average molecular weight is 457 g/mol. The Balaban J connectivity index is 1.36. The molecule has 1 heterocycles. The number of aliphatic carboxylic acids is 1. The van der Waals surface area contributed by atoms with E-state index in [1.807, 2.05) is 96.8 Å². The van der Waals surface area contributed by atoms with Crippen LogP contribution in [0.5, 0.6) is 5.75 Å². The minimum atomic E-state index is -0.846. The molecule has 0 saturated heterocycles. The molecule has 1 aromatic heterocycles. The van der Waals surface area contributed by atoms with Crippen molar-refractivity contribution in [1.29, 1.82) is 0 Å². The molecule has 0 amide bonds. The normalized spacial score (nSPS) is 11.0. The lowest BCUT2D eigenvalue weighted by Crippen LogP contribution is -2.28. The quantitative estimate of drug-likeness (QED) is 0.328. The Labute approximate surface area is 199 Å². The largest absolute Gasteiger partial charge is 0.493 e. The van der Waals surface area contributed by atoms with Gasteiger partial charge in [0.05, 0.1) is 18.8 Å². The number of hydrogen-bond donors (Lipinski definition) is 1. The van der Waals surface area contributed by atoms with Crippen LogP contribution in [0.1, 0.15) is 22.6 Å². The van der Waals surface area contributed by atoms with Crippen LogP contribution in [0.15, 0.2) is 89.3 Å². The molecule has 0 unspecified atom stereocenters. The number of aromatic nitrogens is 1. The first kappa shape index (κ1) is 23.3. The van der Waals surface area contributed by atoms with E-state index in [2.05, 4.69) is 4.98 Å². The van der Waals surface area contributed by atoms with Gasteiger partial charge in [0.25, 0.3) is 0 Å². The maximum atomic E-state index is 11.4. The van der Waals surface area contributed by atoms with E-state index in [0.717, 1.165) is 33.9 Å². The number of nitrogens with zero attached hydrogens (tertiary/aromatic N) is 2. The minimum Gasteiger partial charge on any atom is -0.493 e. The van der Waals surface area contributed by atoms with Gasteiger partial charge in [0.1, 0.15) is 11.5 Å². The monoisotopic (exact) mass is 456 g/mol. The molecule has 0 radical (unpaired) electrons. The number of carboxylic acid groups (broad SMARTS) is 1. The summed E-state index contributed by atoms with van der Waals surface area (Å²) in [4.78, 5) is 17.9. The number of hydrogen-bond acceptors (Lipinski definition) is 5. The number of carbonyl (C=O) groups is 1. The number of rotatable bonds is 11. The van der Waals surface area contributed by atoms with Crippen molar-refractivity contribution in [3.63, 3.8) is 0 Å². The lowest BCUT2D eigenvalue weighted by molar-refractivity contribution is -0.138. The number of benzene rings is 3. The van der Waals surface area contributed by atoms with Gasteiger partial charge in [-0.05, 0) is 42.3 Å². The van der Waals surface area contributed by atoms with Crippen molar-refractivity contribution in [2.45, 2.75) is 26.4 Å². The summed E-state index contributed by atoms with van der Waals surface area (Å²) in [5.41, 5.74) is 3.91. The molecule has 4 rings (SSSR count). The molecule has 6 nitrogen and oxygen atoms in total. The third-order valence-electron chi connectivity index (χ3n) is 5.43. The van der Waals surface area contributed by atoms with Gasteiger partial charge < -0.3 is 14.3 Å². The van der Waals surface area contributed by atoms with Crippen molar-refractivity contribution >= 4 is 5.97 Å². The predicted octanol–water partition coefficient (Wildman–Crippen LogP) is 5.36. The van der Waals surface area contributed by atoms with E-state index in [9.17, 15) is 9.90 Å². The van der Waals surface area contributed by atoms with E-state index in [0.29, 0.717) is 32.0 Å². The maximum Gasteiger partial charge on any atom is 0.317 e. The summed E-state index contributed by atoms with van der Waals surface area (Å²) in [5.74, 6) is 1.31. The van der Waals surface area contributed by atoms with E-state index < -0.39 is 5.97 Å². The summed E-state index contributed by atoms with van der Waals surface area (Å²) in [6.07, 6.45) is 0.630. The SMILES string of the molecule is Cc1oc(-c2ccccc2)nc1CCOc1cccc(CN(CC(=O)O)Cc2ccccc2)c1. The molecule has 0 saturated carbocycles. The standard InChI is InChI=1S/C28H28N2O4/c1-21-26(29-28(34-21)24-12-6-3-7-13-24)15-16-33-25-14-8-11-23(17-25)19-30(20-27(31)32)18-22-9-4-2-5-10-22/h2-14,17H,15-16,18-20H2,1H3,(H,31,32). The van der Waals surface area contributed by atoms with Gasteiger partial charge in [0, 0.05) is 25.1 Å². The molecule has 0 aliphatic carbocycles. The van der Waals surface area contributed by atoms with Gasteiger partial charge in [-0.3, -0.25) is 9.69 Å². The van der Waals surface area contributed by atoms with Crippen LogP contribution >= 0.6 is 0 Å². The lowest BCUT2D eigenvalue weighted by Gasteiger charge is -2.21. The number of ether oxygens (including phenoxy) is 1. The summed E-state index contributed by atoms with van der Waals surface area (Å²) in [5, 5.41) is 9.34. The van der Waals surface area contributed by atoms with Gasteiger partial charge in [-0.2, -0.15) is 0 Å². The number of aryl methyl sites for hydroxylation is 1. The van der Waals surface area contributed by atoms with Crippen LogP contribution in [0.3, 0.4) is 0 Å². The Morgan fingerprint density at radius 2 is 1.62 bits per heavy atom. The Hall–Kier alpha value is -3.90. The van der Waals surface area contributed by atoms with Crippen LogP contribution in [0.25, 0.3) is 11.5 Å². The van der Waals surface area contributed by atoms with Gasteiger partial charge in [-0.15, -0.1) is 0 Å². The van der Waals surface area contributed by atoms with E-state index >= 15 is 0 Å². The molecule has 1 N–H and O–H groups in total. The number of carboxylic acids is 1. The Morgan fingerprint density at radius 3 is 2.35 bits per heavy atom. The fourth-order valence-electron chi connectivity index (χ4n) is 3.82. The molecule has 4 aromatic rings. The second-order valence-corrected chi connectivity index (χ2v) is 8.16. The van der Waals surface area contributed by atoms with Crippen molar-refractivity contribution in [3.8, 4) is 17.2 Å². The third kappa shape index (κ3) is 6.56. The summed E-state index contributed by atoms with van der Waals surface area (Å²) in [7, 11) is 0. The van der Waals surface area contributed by atoms with E-state index in [1.54, 1.807) is 0 Å². The average Bonchev–Trinajstić information content (AvgIpc) is 3.20. The summed E-state index contributed by atoms with van der Waals surface area (Å²) in [6.45, 7) is 3.43. The van der Waals surface area contributed by atoms with E-state index in [1.165, 1.54) is 0 Å². The summed E-state index contributed by atoms with van der Waals surface area (Å²) >= 11 is 0. The summed E-state index contributed by atoms with van der Waals surface area (Å²) in [6, 6.07) is 27.5. The van der Waals surface area contributed by atoms with Gasteiger partial charge >= 0.3 is 5.97 Å². The Morgan fingerprint density at radius 1 is 0.941 bits per heavy atom. The van der Waals surface area contributed by atoms with Crippen molar-refractivity contribution < 1.29 is 19.1 Å². The molecule has 6 heteroatoms. The van der Waals surface area contributed by atoms with Crippen molar-refractivity contribution in [3.05, 3.63) is 108 Å². The van der Waals surface area contributed by atoms with Crippen molar-refractivity contribution in [1.82, 2.24) is 9.88 Å². The van der Waals surface area contributed by atoms with Gasteiger partial charge in [-0.25, -0.2) is 4.98 Å². The van der Waals surface area contributed by atoms with Crippen LogP contribution in [-0.4, -0.2) is 34.1 Å². The predicted molar refractivity (Wildman–Crippen MR) is 131 cm³/mol. The van der Waals surface area contributed by atoms with Crippen LogP contribution in [-0.2, 0) is 24.3 Å². The first-order chi connectivity index (χ1) is 16.6. The zero-order valence-corrected chi connectivity index (χ0v) is 19.2. The molecule has 0 spiro atoms.